The Kier molecular flexibility index (Phi) is 7.63. The number of halogens is 2. The van der Waals surface area contributed by atoms with Gasteiger partial charge < -0.3 is 9.47 Å². The van der Waals surface area contributed by atoms with Crippen LogP contribution in [0.1, 0.15) is 29.4 Å². The molecule has 0 saturated carbocycles. The summed E-state index contributed by atoms with van der Waals surface area (Å²) in [5.41, 5.74) is 2.41. The van der Waals surface area contributed by atoms with Gasteiger partial charge in [0.1, 0.15) is 12.4 Å². The van der Waals surface area contributed by atoms with Crippen molar-refractivity contribution in [1.82, 2.24) is 9.66 Å². The van der Waals surface area contributed by atoms with Gasteiger partial charge in [0, 0.05) is 26.5 Å². The topological polar surface area (TPSA) is 89.5 Å². The Morgan fingerprint density at radius 2 is 1.94 bits per heavy atom. The van der Waals surface area contributed by atoms with E-state index in [0.29, 0.717) is 50.2 Å². The summed E-state index contributed by atoms with van der Waals surface area (Å²) >= 11 is 6.96. The zero-order chi connectivity index (χ0) is 24.9. The quantitative estimate of drug-likeness (QED) is 0.251. The van der Waals surface area contributed by atoms with Crippen molar-refractivity contribution in [3.63, 3.8) is 0 Å². The molecule has 0 spiro atoms. The number of hydrogen-bond donors (Lipinski definition) is 0. The van der Waals surface area contributed by atoms with Gasteiger partial charge in [-0.2, -0.15) is 15.0 Å². The van der Waals surface area contributed by atoms with Crippen molar-refractivity contribution in [3.8, 4) is 17.6 Å². The van der Waals surface area contributed by atoms with Crippen LogP contribution in [-0.4, -0.2) is 23.0 Å². The van der Waals surface area contributed by atoms with Crippen molar-refractivity contribution in [2.45, 2.75) is 20.0 Å². The molecule has 0 unspecified atom stereocenters. The summed E-state index contributed by atoms with van der Waals surface area (Å²) in [6.07, 6.45) is 2.12. The molecule has 0 aliphatic carbocycles. The number of benzene rings is 3. The first kappa shape index (κ1) is 24.6. The Bertz CT molecular complexity index is 1540. The maximum Gasteiger partial charge on any atom is 0.282 e. The summed E-state index contributed by atoms with van der Waals surface area (Å²) in [4.78, 5) is 17.7. The molecule has 0 bridgehead atoms. The molecule has 0 N–H and O–H groups in total. The fourth-order valence-electron chi connectivity index (χ4n) is 3.50. The van der Waals surface area contributed by atoms with E-state index in [1.54, 1.807) is 37.6 Å². The number of fused-ring (bicyclic) bond motifs is 1. The largest absolute Gasteiger partial charge is 0.493 e. The second-order valence-corrected chi connectivity index (χ2v) is 9.26. The third kappa shape index (κ3) is 5.29. The lowest BCUT2D eigenvalue weighted by Gasteiger charge is -2.13. The monoisotopic (exact) mass is 594 g/mol. The van der Waals surface area contributed by atoms with Crippen molar-refractivity contribution in [1.29, 1.82) is 5.26 Å². The summed E-state index contributed by atoms with van der Waals surface area (Å²) < 4.78 is 14.3. The lowest BCUT2D eigenvalue weighted by molar-refractivity contribution is 0.284. The average molecular weight is 596 g/mol. The Balaban J connectivity index is 1.67. The van der Waals surface area contributed by atoms with Crippen molar-refractivity contribution in [3.05, 3.63) is 96.4 Å². The molecule has 0 fully saturated rings. The molecule has 4 rings (SSSR count). The van der Waals surface area contributed by atoms with E-state index in [9.17, 15) is 10.1 Å². The molecule has 1 heterocycles. The molecule has 7 nitrogen and oxygen atoms in total. The Labute approximate surface area is 218 Å². The minimum Gasteiger partial charge on any atom is -0.493 e. The summed E-state index contributed by atoms with van der Waals surface area (Å²) in [6, 6.07) is 18.4. The molecule has 0 aliphatic heterocycles. The van der Waals surface area contributed by atoms with E-state index in [2.05, 4.69) is 48.0 Å². The normalized spacial score (nSPS) is 11.1. The summed E-state index contributed by atoms with van der Waals surface area (Å²) in [5.74, 6) is 1.56. The lowest BCUT2D eigenvalue weighted by Crippen LogP contribution is -2.22. The smallest absolute Gasteiger partial charge is 0.282 e. The summed E-state index contributed by atoms with van der Waals surface area (Å²) in [6.45, 7) is 2.14. The predicted molar refractivity (Wildman–Crippen MR) is 142 cm³/mol. The minimum absolute atomic E-state index is 0.216. The van der Waals surface area contributed by atoms with Gasteiger partial charge in [0.05, 0.1) is 35.9 Å². The maximum atomic E-state index is 13.1. The van der Waals surface area contributed by atoms with Crippen LogP contribution in [0.4, 0.5) is 0 Å². The molecular formula is C26H20Br2N4O3. The van der Waals surface area contributed by atoms with Crippen LogP contribution in [0.5, 0.6) is 11.5 Å². The Morgan fingerprint density at radius 1 is 1.14 bits per heavy atom. The molecule has 0 saturated heterocycles. The van der Waals surface area contributed by atoms with Gasteiger partial charge in [0.2, 0.25) is 0 Å². The van der Waals surface area contributed by atoms with Gasteiger partial charge in [-0.3, -0.25) is 4.79 Å². The van der Waals surface area contributed by atoms with Gasteiger partial charge in [0.15, 0.2) is 11.5 Å². The number of methoxy groups -OCH3 is 1. The van der Waals surface area contributed by atoms with E-state index in [-0.39, 0.29) is 12.2 Å². The number of rotatable bonds is 7. The SMILES string of the molecule is CCc1nc2ccc(Br)cc2c(=O)n1N=Cc1cc(OC)c(OCc2ccccc2C#N)cc1Br. The Morgan fingerprint density at radius 3 is 2.69 bits per heavy atom. The van der Waals surface area contributed by atoms with Gasteiger partial charge in [-0.05, 0) is 52.3 Å². The molecule has 176 valence electrons. The van der Waals surface area contributed by atoms with Crippen molar-refractivity contribution in [2.24, 2.45) is 5.10 Å². The molecule has 4 aromatic rings. The highest BCUT2D eigenvalue weighted by molar-refractivity contribution is 9.10. The molecule has 0 aliphatic rings. The first-order valence-electron chi connectivity index (χ1n) is 10.7. The van der Waals surface area contributed by atoms with Crippen LogP contribution < -0.4 is 15.0 Å². The van der Waals surface area contributed by atoms with Crippen LogP contribution in [0.2, 0.25) is 0 Å². The molecule has 1 aromatic heterocycles. The fourth-order valence-corrected chi connectivity index (χ4v) is 4.28. The van der Waals surface area contributed by atoms with E-state index >= 15 is 0 Å². The van der Waals surface area contributed by atoms with Crippen LogP contribution in [0.15, 0.2) is 73.4 Å². The van der Waals surface area contributed by atoms with Crippen molar-refractivity contribution >= 4 is 49.0 Å². The molecule has 0 amide bonds. The Hall–Kier alpha value is -3.48. The molecular weight excluding hydrogens is 576 g/mol. The third-order valence-electron chi connectivity index (χ3n) is 5.31. The molecule has 0 atom stereocenters. The van der Waals surface area contributed by atoms with E-state index in [0.717, 1.165) is 10.0 Å². The second-order valence-electron chi connectivity index (χ2n) is 7.49. The first-order valence-corrected chi connectivity index (χ1v) is 12.3. The fraction of sp³-hybridized carbons (Fsp3) is 0.154. The standard InChI is InChI=1S/C26H20Br2N4O3/c1-3-25-31-22-9-8-19(27)11-20(22)26(33)32(25)30-14-18-10-23(34-2)24(12-21(18)28)35-15-17-7-5-4-6-16(17)13-29/h4-12,14H,3,15H2,1-2H3. The average Bonchev–Trinajstić information content (AvgIpc) is 2.87. The maximum absolute atomic E-state index is 13.1. The number of ether oxygens (including phenoxy) is 2. The molecule has 0 radical (unpaired) electrons. The number of aryl methyl sites for hydroxylation is 1. The van der Waals surface area contributed by atoms with E-state index < -0.39 is 0 Å². The van der Waals surface area contributed by atoms with E-state index in [1.165, 1.54) is 4.68 Å². The number of nitriles is 1. The van der Waals surface area contributed by atoms with E-state index in [1.807, 2.05) is 37.3 Å². The van der Waals surface area contributed by atoms with Gasteiger partial charge >= 0.3 is 0 Å². The highest BCUT2D eigenvalue weighted by Crippen LogP contribution is 2.33. The summed E-state index contributed by atoms with van der Waals surface area (Å²) in [5, 5.41) is 14.2. The minimum atomic E-state index is -0.247. The van der Waals surface area contributed by atoms with Crippen LogP contribution in [0.3, 0.4) is 0 Å². The first-order chi connectivity index (χ1) is 16.9. The number of aromatic nitrogens is 2. The van der Waals surface area contributed by atoms with E-state index in [4.69, 9.17) is 9.47 Å². The van der Waals surface area contributed by atoms with Crippen LogP contribution in [0.25, 0.3) is 10.9 Å². The highest BCUT2D eigenvalue weighted by atomic mass is 79.9. The van der Waals surface area contributed by atoms with Crippen molar-refractivity contribution < 1.29 is 9.47 Å². The molecule has 9 heteroatoms. The van der Waals surface area contributed by atoms with Crippen molar-refractivity contribution in [2.75, 3.05) is 7.11 Å². The van der Waals surface area contributed by atoms with Gasteiger partial charge in [-0.15, -0.1) is 0 Å². The molecule has 35 heavy (non-hydrogen) atoms. The zero-order valence-electron chi connectivity index (χ0n) is 19.0. The van der Waals surface area contributed by atoms with Gasteiger partial charge in [-0.25, -0.2) is 4.98 Å². The van der Waals surface area contributed by atoms with Gasteiger partial charge in [-0.1, -0.05) is 41.1 Å². The predicted octanol–water partition coefficient (Wildman–Crippen LogP) is 5.83. The highest BCUT2D eigenvalue weighted by Gasteiger charge is 2.13. The van der Waals surface area contributed by atoms with Gasteiger partial charge in [0.25, 0.3) is 5.56 Å². The second kappa shape index (κ2) is 10.8. The van der Waals surface area contributed by atoms with Crippen LogP contribution in [-0.2, 0) is 13.0 Å². The third-order valence-corrected chi connectivity index (χ3v) is 6.49. The lowest BCUT2D eigenvalue weighted by atomic mass is 10.1. The molecule has 3 aromatic carbocycles. The van der Waals surface area contributed by atoms with Crippen LogP contribution in [0, 0.1) is 11.3 Å². The summed E-state index contributed by atoms with van der Waals surface area (Å²) in [7, 11) is 1.55. The number of hydrogen-bond acceptors (Lipinski definition) is 6. The number of nitrogens with zero attached hydrogens (tertiary/aromatic N) is 4. The van der Waals surface area contributed by atoms with Crippen LogP contribution >= 0.6 is 31.9 Å². The zero-order valence-corrected chi connectivity index (χ0v) is 22.1.